The topological polar surface area (TPSA) is 112 Å². The normalized spacial score (nSPS) is 11.4. The van der Waals surface area contributed by atoms with Gasteiger partial charge in [0.05, 0.1) is 21.6 Å². The van der Waals surface area contributed by atoms with Gasteiger partial charge in [-0.2, -0.15) is 0 Å². The summed E-state index contributed by atoms with van der Waals surface area (Å²) in [5.74, 6) is 0. The second-order valence-corrected chi connectivity index (χ2v) is 8.93. The van der Waals surface area contributed by atoms with Gasteiger partial charge in [0.25, 0.3) is 10.0 Å². The number of hydrogen-bond donors (Lipinski definition) is 3. The van der Waals surface area contributed by atoms with Crippen LogP contribution in [0, 0.1) is 0 Å². The molecule has 3 aromatic carbocycles. The van der Waals surface area contributed by atoms with E-state index in [0.29, 0.717) is 11.2 Å². The fourth-order valence-corrected chi connectivity index (χ4v) is 4.81. The fourth-order valence-electron chi connectivity index (χ4n) is 2.72. The molecule has 0 bridgehead atoms. The van der Waals surface area contributed by atoms with E-state index in [1.165, 1.54) is 30.0 Å². The van der Waals surface area contributed by atoms with Crippen molar-refractivity contribution in [2.45, 2.75) is 14.7 Å². The molecule has 1 heterocycles. The van der Waals surface area contributed by atoms with Gasteiger partial charge in [0.1, 0.15) is 0 Å². The fraction of sp³-hybridized carbons (Fsp3) is 0. The highest BCUT2D eigenvalue weighted by Gasteiger charge is 2.17. The van der Waals surface area contributed by atoms with E-state index in [4.69, 9.17) is 0 Å². The molecular formula is C20H15N3O4S2. The molecule has 0 aliphatic rings. The van der Waals surface area contributed by atoms with Crippen LogP contribution >= 0.6 is 11.8 Å². The predicted molar refractivity (Wildman–Crippen MR) is 113 cm³/mol. The van der Waals surface area contributed by atoms with E-state index < -0.39 is 21.1 Å². The summed E-state index contributed by atoms with van der Waals surface area (Å²) in [7, 11) is -3.92. The van der Waals surface area contributed by atoms with E-state index in [2.05, 4.69) is 14.7 Å². The summed E-state index contributed by atoms with van der Waals surface area (Å²) in [6.45, 7) is 0. The second kappa shape index (κ2) is 7.61. The number of aromatic amines is 2. The zero-order valence-corrected chi connectivity index (χ0v) is 16.5. The van der Waals surface area contributed by atoms with Gasteiger partial charge in [0, 0.05) is 9.79 Å². The summed E-state index contributed by atoms with van der Waals surface area (Å²) in [4.78, 5) is 29.4. The number of benzene rings is 3. The third-order valence-electron chi connectivity index (χ3n) is 4.11. The van der Waals surface area contributed by atoms with Gasteiger partial charge in [0.15, 0.2) is 0 Å². The van der Waals surface area contributed by atoms with E-state index in [-0.39, 0.29) is 10.4 Å². The third kappa shape index (κ3) is 4.10. The summed E-state index contributed by atoms with van der Waals surface area (Å²) in [5, 5.41) is 0. The number of anilines is 1. The van der Waals surface area contributed by atoms with Gasteiger partial charge < -0.3 is 9.97 Å². The lowest BCUT2D eigenvalue weighted by molar-refractivity contribution is 0.601. The lowest BCUT2D eigenvalue weighted by Crippen LogP contribution is -2.29. The summed E-state index contributed by atoms with van der Waals surface area (Å²) in [6.07, 6.45) is 0. The Balaban J connectivity index is 1.69. The molecule has 0 unspecified atom stereocenters. The van der Waals surface area contributed by atoms with Gasteiger partial charge in [-0.3, -0.25) is 14.3 Å². The minimum absolute atomic E-state index is 0.0350. The minimum Gasteiger partial charge on any atom is -0.316 e. The molecule has 3 N–H and O–H groups in total. The molecule has 29 heavy (non-hydrogen) atoms. The van der Waals surface area contributed by atoms with Crippen molar-refractivity contribution in [2.75, 3.05) is 4.72 Å². The van der Waals surface area contributed by atoms with Crippen LogP contribution in [0.25, 0.3) is 11.0 Å². The first-order valence-electron chi connectivity index (χ1n) is 8.53. The van der Waals surface area contributed by atoms with Crippen LogP contribution in [0.1, 0.15) is 0 Å². The highest BCUT2D eigenvalue weighted by Crippen LogP contribution is 2.34. The Kier molecular flexibility index (Phi) is 4.99. The molecule has 0 spiro atoms. The highest BCUT2D eigenvalue weighted by atomic mass is 32.2. The smallest absolute Gasteiger partial charge is 0.314 e. The van der Waals surface area contributed by atoms with Crippen LogP contribution < -0.4 is 15.8 Å². The highest BCUT2D eigenvalue weighted by molar-refractivity contribution is 7.99. The van der Waals surface area contributed by atoms with Gasteiger partial charge in [-0.25, -0.2) is 8.42 Å². The third-order valence-corrected chi connectivity index (χ3v) is 6.55. The van der Waals surface area contributed by atoms with E-state index in [0.717, 1.165) is 9.79 Å². The van der Waals surface area contributed by atoms with Crippen molar-refractivity contribution >= 4 is 38.5 Å². The van der Waals surface area contributed by atoms with Crippen LogP contribution in [0.5, 0.6) is 0 Å². The van der Waals surface area contributed by atoms with E-state index in [1.807, 2.05) is 42.5 Å². The molecule has 1 aromatic heterocycles. The maximum absolute atomic E-state index is 12.9. The number of fused-ring (bicyclic) bond motifs is 1. The second-order valence-electron chi connectivity index (χ2n) is 6.13. The van der Waals surface area contributed by atoms with Crippen molar-refractivity contribution in [1.29, 1.82) is 0 Å². The van der Waals surface area contributed by atoms with Crippen LogP contribution in [-0.2, 0) is 10.0 Å². The van der Waals surface area contributed by atoms with Crippen LogP contribution in [-0.4, -0.2) is 18.4 Å². The first kappa shape index (κ1) is 19.0. The summed E-state index contributed by atoms with van der Waals surface area (Å²) in [5.41, 5.74) is -0.628. The minimum atomic E-state index is -3.92. The SMILES string of the molecule is O=c1[nH]c2ccc(S(=O)(=O)Nc3ccccc3Sc3ccccc3)cc2[nH]c1=O. The van der Waals surface area contributed by atoms with Gasteiger partial charge in [0.2, 0.25) is 0 Å². The van der Waals surface area contributed by atoms with Crippen LogP contribution in [0.3, 0.4) is 0 Å². The number of H-pyrrole nitrogens is 2. The molecule has 0 radical (unpaired) electrons. The van der Waals surface area contributed by atoms with Gasteiger partial charge in [-0.1, -0.05) is 42.1 Å². The van der Waals surface area contributed by atoms with Gasteiger partial charge in [-0.05, 0) is 42.5 Å². The standard InChI is InChI=1S/C20H15N3O4S2/c24-19-20(25)22-17-12-14(10-11-15(17)21-19)29(26,27)23-16-8-4-5-9-18(16)28-13-6-2-1-3-7-13/h1-12,23H,(H,21,24)(H,22,25). The molecule has 0 aliphatic heterocycles. The number of para-hydroxylation sites is 1. The van der Waals surface area contributed by atoms with Crippen LogP contribution in [0.15, 0.2) is 97.1 Å². The number of rotatable bonds is 5. The number of nitrogens with one attached hydrogen (secondary N) is 3. The lowest BCUT2D eigenvalue weighted by atomic mass is 10.3. The molecule has 146 valence electrons. The van der Waals surface area contributed by atoms with Gasteiger partial charge >= 0.3 is 11.1 Å². The maximum Gasteiger partial charge on any atom is 0.314 e. The molecular weight excluding hydrogens is 410 g/mol. The number of aromatic nitrogens is 2. The Morgan fingerprint density at radius 1 is 0.759 bits per heavy atom. The van der Waals surface area contributed by atoms with E-state index in [1.54, 1.807) is 12.1 Å². The maximum atomic E-state index is 12.9. The average molecular weight is 425 g/mol. The van der Waals surface area contributed by atoms with Gasteiger partial charge in [-0.15, -0.1) is 0 Å². The number of hydrogen-bond acceptors (Lipinski definition) is 5. The largest absolute Gasteiger partial charge is 0.316 e. The predicted octanol–water partition coefficient (Wildman–Crippen LogP) is 3.17. The van der Waals surface area contributed by atoms with Crippen LogP contribution in [0.4, 0.5) is 5.69 Å². The van der Waals surface area contributed by atoms with Crippen molar-refractivity contribution in [1.82, 2.24) is 9.97 Å². The Bertz CT molecular complexity index is 1410. The summed E-state index contributed by atoms with van der Waals surface area (Å²) >= 11 is 1.44. The Hall–Kier alpha value is -3.30. The van der Waals surface area contributed by atoms with Crippen molar-refractivity contribution in [3.8, 4) is 0 Å². The Morgan fingerprint density at radius 2 is 1.41 bits per heavy atom. The molecule has 0 fully saturated rings. The number of sulfonamides is 1. The Labute approximate surface area is 169 Å². The molecule has 7 nitrogen and oxygen atoms in total. The monoisotopic (exact) mass is 425 g/mol. The van der Waals surface area contributed by atoms with Crippen molar-refractivity contribution < 1.29 is 8.42 Å². The molecule has 9 heteroatoms. The zero-order valence-electron chi connectivity index (χ0n) is 14.9. The molecule has 0 atom stereocenters. The molecule has 4 aromatic rings. The van der Waals surface area contributed by atoms with Crippen molar-refractivity contribution in [2.24, 2.45) is 0 Å². The first-order valence-corrected chi connectivity index (χ1v) is 10.8. The molecule has 0 aliphatic carbocycles. The van der Waals surface area contributed by atoms with Crippen LogP contribution in [0.2, 0.25) is 0 Å². The first-order chi connectivity index (χ1) is 13.9. The summed E-state index contributed by atoms with van der Waals surface area (Å²) in [6, 6.07) is 20.8. The molecule has 0 saturated carbocycles. The Morgan fingerprint density at radius 3 is 2.17 bits per heavy atom. The lowest BCUT2D eigenvalue weighted by Gasteiger charge is -2.13. The molecule has 4 rings (SSSR count). The quantitative estimate of drug-likeness (QED) is 0.425. The van der Waals surface area contributed by atoms with Crippen molar-refractivity contribution in [3.05, 3.63) is 93.5 Å². The zero-order chi connectivity index (χ0) is 20.4. The van der Waals surface area contributed by atoms with Crippen molar-refractivity contribution in [3.63, 3.8) is 0 Å². The van der Waals surface area contributed by atoms with E-state index >= 15 is 0 Å². The summed E-state index contributed by atoms with van der Waals surface area (Å²) < 4.78 is 28.4. The van der Waals surface area contributed by atoms with E-state index in [9.17, 15) is 18.0 Å². The average Bonchev–Trinajstić information content (AvgIpc) is 2.70. The molecule has 0 saturated heterocycles. The molecule has 0 amide bonds.